The van der Waals surface area contributed by atoms with Crippen molar-refractivity contribution in [3.63, 3.8) is 0 Å². The zero-order valence-corrected chi connectivity index (χ0v) is 14.4. The predicted octanol–water partition coefficient (Wildman–Crippen LogP) is 4.53. The van der Waals surface area contributed by atoms with Crippen LogP contribution < -0.4 is 9.47 Å². The Morgan fingerprint density at radius 1 is 0.760 bits per heavy atom. The van der Waals surface area contributed by atoms with Gasteiger partial charge in [0.05, 0.1) is 20.8 Å². The van der Waals surface area contributed by atoms with Gasteiger partial charge in [-0.25, -0.2) is 0 Å². The molecule has 0 amide bonds. The quantitative estimate of drug-likeness (QED) is 0.703. The first-order chi connectivity index (χ1) is 12.3. The molecule has 0 N–H and O–H groups in total. The Kier molecular flexibility index (Phi) is 3.94. The fraction of sp³-hybridized carbons (Fsp3) is 0.182. The van der Waals surface area contributed by atoms with Crippen LogP contribution >= 0.6 is 0 Å². The number of ether oxygens (including phenoxy) is 3. The molecule has 0 aliphatic carbocycles. The number of rotatable bonds is 4. The summed E-state index contributed by atoms with van der Waals surface area (Å²) in [6.07, 6.45) is 0. The van der Waals surface area contributed by atoms with Crippen LogP contribution in [0.15, 0.2) is 72.8 Å². The maximum atomic E-state index is 6.49. The van der Waals surface area contributed by atoms with Gasteiger partial charge in [0.2, 0.25) is 0 Å². The number of methoxy groups -OCH3 is 2. The van der Waals surface area contributed by atoms with E-state index in [4.69, 9.17) is 14.2 Å². The molecule has 0 saturated carbocycles. The van der Waals surface area contributed by atoms with E-state index in [0.717, 1.165) is 28.0 Å². The SMILES string of the molecule is COc1ccc2c(c1OC)C(c1ccccc1)(c1ccccc1)OC2. The van der Waals surface area contributed by atoms with Crippen molar-refractivity contribution < 1.29 is 14.2 Å². The Morgan fingerprint density at radius 3 is 1.88 bits per heavy atom. The highest BCUT2D eigenvalue weighted by Crippen LogP contribution is 2.53. The van der Waals surface area contributed by atoms with Crippen LogP contribution in [-0.4, -0.2) is 14.2 Å². The Balaban J connectivity index is 2.07. The second-order valence-electron chi connectivity index (χ2n) is 6.04. The van der Waals surface area contributed by atoms with Crippen molar-refractivity contribution in [3.05, 3.63) is 95.1 Å². The van der Waals surface area contributed by atoms with E-state index in [1.54, 1.807) is 14.2 Å². The Labute approximate surface area is 147 Å². The maximum absolute atomic E-state index is 6.49. The molecule has 3 heteroatoms. The predicted molar refractivity (Wildman–Crippen MR) is 97.1 cm³/mol. The second-order valence-corrected chi connectivity index (χ2v) is 6.04. The minimum Gasteiger partial charge on any atom is -0.493 e. The summed E-state index contributed by atoms with van der Waals surface area (Å²) in [4.78, 5) is 0. The summed E-state index contributed by atoms with van der Waals surface area (Å²) in [7, 11) is 3.34. The molecule has 0 bridgehead atoms. The number of hydrogen-bond donors (Lipinski definition) is 0. The van der Waals surface area contributed by atoms with Gasteiger partial charge in [0, 0.05) is 5.56 Å². The summed E-state index contributed by atoms with van der Waals surface area (Å²) in [6, 6.07) is 24.6. The summed E-state index contributed by atoms with van der Waals surface area (Å²) in [5.74, 6) is 1.44. The lowest BCUT2D eigenvalue weighted by molar-refractivity contribution is 0.0256. The van der Waals surface area contributed by atoms with Gasteiger partial charge in [-0.2, -0.15) is 0 Å². The van der Waals surface area contributed by atoms with Gasteiger partial charge in [-0.15, -0.1) is 0 Å². The molecule has 1 aliphatic rings. The van der Waals surface area contributed by atoms with Gasteiger partial charge in [-0.05, 0) is 22.8 Å². The maximum Gasteiger partial charge on any atom is 0.167 e. The minimum absolute atomic E-state index is 0.527. The van der Waals surface area contributed by atoms with Crippen LogP contribution in [-0.2, 0) is 16.9 Å². The number of benzene rings is 3. The topological polar surface area (TPSA) is 27.7 Å². The molecule has 3 nitrogen and oxygen atoms in total. The van der Waals surface area contributed by atoms with Gasteiger partial charge in [0.25, 0.3) is 0 Å². The minimum atomic E-state index is -0.711. The lowest BCUT2D eigenvalue weighted by Crippen LogP contribution is -2.29. The van der Waals surface area contributed by atoms with Gasteiger partial charge in [-0.1, -0.05) is 66.7 Å². The van der Waals surface area contributed by atoms with Crippen molar-refractivity contribution in [2.45, 2.75) is 12.2 Å². The summed E-state index contributed by atoms with van der Waals surface area (Å²) in [6.45, 7) is 0.527. The van der Waals surface area contributed by atoms with Crippen molar-refractivity contribution >= 4 is 0 Å². The zero-order valence-electron chi connectivity index (χ0n) is 14.4. The van der Waals surface area contributed by atoms with E-state index < -0.39 is 5.60 Å². The third-order valence-electron chi connectivity index (χ3n) is 4.79. The summed E-state index contributed by atoms with van der Waals surface area (Å²) >= 11 is 0. The largest absolute Gasteiger partial charge is 0.493 e. The molecule has 1 heterocycles. The molecule has 3 aromatic carbocycles. The molecule has 0 fully saturated rings. The molecule has 0 radical (unpaired) electrons. The smallest absolute Gasteiger partial charge is 0.167 e. The van der Waals surface area contributed by atoms with Crippen LogP contribution in [0.2, 0.25) is 0 Å². The molecule has 0 unspecified atom stereocenters. The molecule has 0 saturated heterocycles. The fourth-order valence-electron chi connectivity index (χ4n) is 3.70. The van der Waals surface area contributed by atoms with Gasteiger partial charge >= 0.3 is 0 Å². The molecular weight excluding hydrogens is 312 g/mol. The third-order valence-corrected chi connectivity index (χ3v) is 4.79. The van der Waals surface area contributed by atoms with Crippen LogP contribution in [0.5, 0.6) is 11.5 Å². The van der Waals surface area contributed by atoms with E-state index in [-0.39, 0.29) is 0 Å². The van der Waals surface area contributed by atoms with Crippen LogP contribution in [0, 0.1) is 0 Å². The standard InChI is InChI=1S/C22H20O3/c1-23-19-14-13-16-15-25-22(20(16)21(19)24-2,17-9-5-3-6-10-17)18-11-7-4-8-12-18/h3-14H,15H2,1-2H3. The first kappa shape index (κ1) is 15.7. The van der Waals surface area contributed by atoms with E-state index in [1.165, 1.54) is 0 Å². The van der Waals surface area contributed by atoms with Crippen LogP contribution in [0.1, 0.15) is 22.3 Å². The molecule has 0 aromatic heterocycles. The molecule has 1 aliphatic heterocycles. The highest BCUT2D eigenvalue weighted by atomic mass is 16.5. The van der Waals surface area contributed by atoms with Gasteiger partial charge in [-0.3, -0.25) is 0 Å². The molecule has 0 atom stereocenters. The molecular formula is C22H20O3. The Morgan fingerprint density at radius 2 is 1.36 bits per heavy atom. The average molecular weight is 332 g/mol. The summed E-state index contributed by atoms with van der Waals surface area (Å²) < 4.78 is 17.8. The van der Waals surface area contributed by atoms with E-state index in [0.29, 0.717) is 12.4 Å². The highest BCUT2D eigenvalue weighted by molar-refractivity contribution is 5.62. The van der Waals surface area contributed by atoms with Crippen molar-refractivity contribution in [1.29, 1.82) is 0 Å². The van der Waals surface area contributed by atoms with Crippen molar-refractivity contribution in [2.24, 2.45) is 0 Å². The summed E-state index contributed by atoms with van der Waals surface area (Å²) in [5.41, 5.74) is 3.58. The van der Waals surface area contributed by atoms with E-state index in [2.05, 4.69) is 30.3 Å². The van der Waals surface area contributed by atoms with E-state index in [1.807, 2.05) is 42.5 Å². The highest BCUT2D eigenvalue weighted by Gasteiger charge is 2.46. The Hall–Kier alpha value is -2.78. The van der Waals surface area contributed by atoms with Gasteiger partial charge in [0.15, 0.2) is 11.5 Å². The van der Waals surface area contributed by atoms with Crippen LogP contribution in [0.25, 0.3) is 0 Å². The fourth-order valence-corrected chi connectivity index (χ4v) is 3.70. The molecule has 0 spiro atoms. The van der Waals surface area contributed by atoms with E-state index >= 15 is 0 Å². The van der Waals surface area contributed by atoms with Crippen molar-refractivity contribution in [2.75, 3.05) is 14.2 Å². The third kappa shape index (κ3) is 2.31. The first-order valence-corrected chi connectivity index (χ1v) is 8.30. The second kappa shape index (κ2) is 6.26. The molecule has 3 aromatic rings. The normalized spacial score (nSPS) is 14.8. The van der Waals surface area contributed by atoms with E-state index in [9.17, 15) is 0 Å². The lowest BCUT2D eigenvalue weighted by Gasteiger charge is -2.32. The van der Waals surface area contributed by atoms with Crippen LogP contribution in [0.4, 0.5) is 0 Å². The van der Waals surface area contributed by atoms with Crippen LogP contribution in [0.3, 0.4) is 0 Å². The van der Waals surface area contributed by atoms with Crippen molar-refractivity contribution in [1.82, 2.24) is 0 Å². The monoisotopic (exact) mass is 332 g/mol. The number of hydrogen-bond acceptors (Lipinski definition) is 3. The van der Waals surface area contributed by atoms with Gasteiger partial charge < -0.3 is 14.2 Å². The Bertz CT molecular complexity index is 833. The molecule has 25 heavy (non-hydrogen) atoms. The molecule has 126 valence electrons. The zero-order chi connectivity index (χ0) is 17.3. The van der Waals surface area contributed by atoms with Gasteiger partial charge in [0.1, 0.15) is 5.60 Å². The lowest BCUT2D eigenvalue weighted by atomic mass is 9.79. The number of fused-ring (bicyclic) bond motifs is 1. The average Bonchev–Trinajstić information content (AvgIpc) is 3.09. The van der Waals surface area contributed by atoms with Crippen molar-refractivity contribution in [3.8, 4) is 11.5 Å². The summed E-state index contributed by atoms with van der Waals surface area (Å²) in [5, 5.41) is 0. The molecule has 4 rings (SSSR count). The first-order valence-electron chi connectivity index (χ1n) is 8.30.